The monoisotopic (exact) mass is 364 g/mol. The van der Waals surface area contributed by atoms with Crippen LogP contribution < -0.4 is 9.64 Å². The van der Waals surface area contributed by atoms with Crippen LogP contribution in [0.25, 0.3) is 0 Å². The molecule has 1 N–H and O–H groups in total. The average molecular weight is 364 g/mol. The van der Waals surface area contributed by atoms with Crippen molar-refractivity contribution in [1.29, 1.82) is 0 Å². The molecule has 136 valence electrons. The maximum atomic E-state index is 12.5. The number of rotatable bonds is 5. The number of benzene rings is 1. The lowest BCUT2D eigenvalue weighted by Gasteiger charge is -2.31. The van der Waals surface area contributed by atoms with Crippen LogP contribution in [0.15, 0.2) is 24.3 Å². The Labute approximate surface area is 153 Å². The second kappa shape index (κ2) is 8.10. The number of nitrogens with one attached hydrogen (secondary N) is 1. The van der Waals surface area contributed by atoms with E-state index in [-0.39, 0.29) is 17.2 Å². The van der Waals surface area contributed by atoms with E-state index in [1.54, 1.807) is 18.9 Å². The van der Waals surface area contributed by atoms with Crippen LogP contribution in [-0.2, 0) is 9.59 Å². The lowest BCUT2D eigenvalue weighted by molar-refractivity contribution is -0.883. The number of carbonyl (C=O) groups is 2. The summed E-state index contributed by atoms with van der Waals surface area (Å²) in [5.41, 5.74) is 0.997. The van der Waals surface area contributed by atoms with Gasteiger partial charge in [-0.25, -0.2) is 0 Å². The number of para-hydroxylation sites is 1. The second-order valence-electron chi connectivity index (χ2n) is 6.58. The molecule has 3 rings (SSSR count). The van der Waals surface area contributed by atoms with E-state index in [1.165, 1.54) is 4.90 Å². The number of piperazine rings is 1. The van der Waals surface area contributed by atoms with E-state index in [1.807, 2.05) is 34.1 Å². The van der Waals surface area contributed by atoms with Gasteiger partial charge >= 0.3 is 0 Å². The summed E-state index contributed by atoms with van der Waals surface area (Å²) in [5, 5.41) is -0.0756. The third-order valence-corrected chi connectivity index (χ3v) is 6.15. The van der Waals surface area contributed by atoms with Crippen LogP contribution in [0.1, 0.15) is 17.4 Å². The largest absolute Gasteiger partial charge is 0.496 e. The van der Waals surface area contributed by atoms with E-state index in [0.29, 0.717) is 18.7 Å². The van der Waals surface area contributed by atoms with Crippen molar-refractivity contribution < 1.29 is 19.2 Å². The first-order valence-corrected chi connectivity index (χ1v) is 9.78. The van der Waals surface area contributed by atoms with E-state index < -0.39 is 0 Å². The molecule has 2 aliphatic rings. The second-order valence-corrected chi connectivity index (χ2v) is 7.65. The fourth-order valence-corrected chi connectivity index (χ4v) is 4.58. The molecule has 7 heteroatoms. The first kappa shape index (κ1) is 18.1. The molecule has 0 radical (unpaired) electrons. The van der Waals surface area contributed by atoms with Gasteiger partial charge in [0, 0.05) is 18.5 Å². The van der Waals surface area contributed by atoms with E-state index in [9.17, 15) is 9.59 Å². The zero-order valence-electron chi connectivity index (χ0n) is 14.9. The van der Waals surface area contributed by atoms with E-state index >= 15 is 0 Å². The lowest BCUT2D eigenvalue weighted by atomic mass is 10.1. The van der Waals surface area contributed by atoms with Crippen molar-refractivity contribution in [2.24, 2.45) is 0 Å². The third kappa shape index (κ3) is 4.10. The van der Waals surface area contributed by atoms with Gasteiger partial charge in [0.15, 0.2) is 0 Å². The maximum Gasteiger partial charge on any atom is 0.233 e. The Bertz CT molecular complexity index is 632. The first-order valence-electron chi connectivity index (χ1n) is 8.73. The predicted octanol–water partition coefficient (Wildman–Crippen LogP) is 0.0162. The van der Waals surface area contributed by atoms with Crippen molar-refractivity contribution in [3.63, 3.8) is 0 Å². The molecule has 0 aliphatic carbocycles. The topological polar surface area (TPSA) is 54.3 Å². The Morgan fingerprint density at radius 2 is 2.04 bits per heavy atom. The van der Waals surface area contributed by atoms with Crippen molar-refractivity contribution in [2.75, 3.05) is 52.6 Å². The highest BCUT2D eigenvalue weighted by Gasteiger charge is 2.35. The van der Waals surface area contributed by atoms with Gasteiger partial charge in [-0.15, -0.1) is 11.8 Å². The summed E-state index contributed by atoms with van der Waals surface area (Å²) in [6, 6.07) is 7.78. The molecule has 0 aromatic heterocycles. The summed E-state index contributed by atoms with van der Waals surface area (Å²) < 4.78 is 5.44. The standard InChI is InChI=1S/C18H25N3O3S/c1-19-9-11-20(12-10-19)16(22)7-8-21-17(23)13-25-18(21)14-5-3-4-6-15(14)24-2/h3-6,18H,7-13H2,1-2H3/p+1/t18-/m1/s1. The van der Waals surface area contributed by atoms with Crippen LogP contribution in [0, 0.1) is 0 Å². The number of likely N-dealkylation sites (N-methyl/N-ethyl adjacent to an activating group) is 1. The Morgan fingerprint density at radius 3 is 2.76 bits per heavy atom. The number of amides is 2. The minimum atomic E-state index is -0.0756. The Morgan fingerprint density at radius 1 is 1.32 bits per heavy atom. The summed E-state index contributed by atoms with van der Waals surface area (Å²) in [5.74, 6) is 1.48. The quantitative estimate of drug-likeness (QED) is 0.800. The van der Waals surface area contributed by atoms with Gasteiger partial charge in [0.1, 0.15) is 11.1 Å². The molecular formula is C18H26N3O3S+. The fraction of sp³-hybridized carbons (Fsp3) is 0.556. The predicted molar refractivity (Wildman–Crippen MR) is 97.7 cm³/mol. The number of nitrogens with zero attached hydrogens (tertiary/aromatic N) is 2. The number of methoxy groups -OCH3 is 1. The molecule has 1 aromatic carbocycles. The molecule has 2 fully saturated rings. The van der Waals surface area contributed by atoms with Crippen LogP contribution in [-0.4, -0.2) is 74.2 Å². The fourth-order valence-electron chi connectivity index (χ4n) is 3.34. The zero-order chi connectivity index (χ0) is 17.8. The number of quaternary nitrogens is 1. The lowest BCUT2D eigenvalue weighted by Crippen LogP contribution is -3.12. The molecule has 1 aromatic rings. The van der Waals surface area contributed by atoms with Crippen molar-refractivity contribution in [2.45, 2.75) is 11.8 Å². The molecule has 2 aliphatic heterocycles. The molecule has 0 bridgehead atoms. The molecular weight excluding hydrogens is 338 g/mol. The van der Waals surface area contributed by atoms with Gasteiger partial charge in [-0.05, 0) is 6.07 Å². The van der Waals surface area contributed by atoms with Gasteiger partial charge in [-0.2, -0.15) is 0 Å². The number of hydrogen-bond acceptors (Lipinski definition) is 4. The minimum Gasteiger partial charge on any atom is -0.496 e. The maximum absolute atomic E-state index is 12.5. The Hall–Kier alpha value is -1.73. The van der Waals surface area contributed by atoms with Crippen LogP contribution >= 0.6 is 11.8 Å². The molecule has 0 unspecified atom stereocenters. The van der Waals surface area contributed by atoms with Crippen LogP contribution in [0.5, 0.6) is 5.75 Å². The smallest absolute Gasteiger partial charge is 0.233 e. The van der Waals surface area contributed by atoms with Crippen molar-refractivity contribution in [3.8, 4) is 5.75 Å². The number of carbonyl (C=O) groups excluding carboxylic acids is 2. The molecule has 0 saturated carbocycles. The van der Waals surface area contributed by atoms with E-state index in [0.717, 1.165) is 37.5 Å². The highest BCUT2D eigenvalue weighted by molar-refractivity contribution is 8.00. The van der Waals surface area contributed by atoms with Gasteiger partial charge in [-0.1, -0.05) is 18.2 Å². The SMILES string of the molecule is COc1ccccc1[C@H]1SCC(=O)N1CCC(=O)N1CC[NH+](C)CC1. The molecule has 0 spiro atoms. The highest BCUT2D eigenvalue weighted by Crippen LogP contribution is 2.42. The van der Waals surface area contributed by atoms with Gasteiger partial charge < -0.3 is 19.4 Å². The molecule has 2 amide bonds. The number of hydrogen-bond donors (Lipinski definition) is 1. The molecule has 1 atom stereocenters. The minimum absolute atomic E-state index is 0.0756. The van der Waals surface area contributed by atoms with Gasteiger partial charge in [0.05, 0.1) is 46.1 Å². The average Bonchev–Trinajstić information content (AvgIpc) is 3.00. The van der Waals surface area contributed by atoms with Gasteiger partial charge in [0.2, 0.25) is 11.8 Å². The van der Waals surface area contributed by atoms with Crippen molar-refractivity contribution >= 4 is 23.6 Å². The molecule has 25 heavy (non-hydrogen) atoms. The van der Waals surface area contributed by atoms with Crippen molar-refractivity contribution in [3.05, 3.63) is 29.8 Å². The molecule has 6 nitrogen and oxygen atoms in total. The molecule has 2 saturated heterocycles. The van der Waals surface area contributed by atoms with Crippen LogP contribution in [0.4, 0.5) is 0 Å². The van der Waals surface area contributed by atoms with Crippen LogP contribution in [0.3, 0.4) is 0 Å². The summed E-state index contributed by atoms with van der Waals surface area (Å²) >= 11 is 1.60. The normalized spacial score (nSPS) is 21.7. The third-order valence-electron chi connectivity index (χ3n) is 4.91. The van der Waals surface area contributed by atoms with Crippen molar-refractivity contribution in [1.82, 2.24) is 9.80 Å². The number of thioether (sulfide) groups is 1. The Balaban J connectivity index is 1.63. The van der Waals surface area contributed by atoms with Gasteiger partial charge in [0.25, 0.3) is 0 Å². The van der Waals surface area contributed by atoms with E-state index in [2.05, 4.69) is 7.05 Å². The van der Waals surface area contributed by atoms with Gasteiger partial charge in [-0.3, -0.25) is 9.59 Å². The summed E-state index contributed by atoms with van der Waals surface area (Å²) in [4.78, 5) is 30.0. The zero-order valence-corrected chi connectivity index (χ0v) is 15.7. The Kier molecular flexibility index (Phi) is 5.86. The number of ether oxygens (including phenoxy) is 1. The summed E-state index contributed by atoms with van der Waals surface area (Å²) in [7, 11) is 3.79. The highest BCUT2D eigenvalue weighted by atomic mass is 32.2. The molecule has 2 heterocycles. The summed E-state index contributed by atoms with van der Waals surface area (Å²) in [6.45, 7) is 4.07. The van der Waals surface area contributed by atoms with E-state index in [4.69, 9.17) is 4.74 Å². The van der Waals surface area contributed by atoms with Crippen LogP contribution in [0.2, 0.25) is 0 Å². The first-order chi connectivity index (χ1) is 12.1. The summed E-state index contributed by atoms with van der Waals surface area (Å²) in [6.07, 6.45) is 0.386.